The zero-order valence-electron chi connectivity index (χ0n) is 17.8. The number of carbonyl (C=O) groups excluding carboxylic acids is 1. The minimum Gasteiger partial charge on any atom is -0.402 e. The van der Waals surface area contributed by atoms with Crippen LogP contribution >= 0.6 is 0 Å². The summed E-state index contributed by atoms with van der Waals surface area (Å²) in [5, 5.41) is 8.95. The van der Waals surface area contributed by atoms with Crippen molar-refractivity contribution in [2.45, 2.75) is 33.1 Å². The van der Waals surface area contributed by atoms with E-state index in [0.29, 0.717) is 42.0 Å². The number of benzene rings is 2. The van der Waals surface area contributed by atoms with Crippen LogP contribution in [0.15, 0.2) is 60.3 Å². The Bertz CT molecular complexity index is 962. The summed E-state index contributed by atoms with van der Waals surface area (Å²) in [7, 11) is 0. The van der Waals surface area contributed by atoms with Crippen LogP contribution in [-0.2, 0) is 4.79 Å². The zero-order chi connectivity index (χ0) is 22.1. The van der Waals surface area contributed by atoms with Crippen LogP contribution in [0.25, 0.3) is 17.2 Å². The van der Waals surface area contributed by atoms with Gasteiger partial charge in [0.15, 0.2) is 0 Å². The topological polar surface area (TPSA) is 96.1 Å². The van der Waals surface area contributed by atoms with Crippen LogP contribution in [0.3, 0.4) is 0 Å². The summed E-state index contributed by atoms with van der Waals surface area (Å²) in [6.07, 6.45) is 3.91. The van der Waals surface area contributed by atoms with Gasteiger partial charge in [-0.05, 0) is 53.8 Å². The molecular weight excluding hydrogens is 372 g/mol. The van der Waals surface area contributed by atoms with Crippen molar-refractivity contribution in [3.8, 4) is 17.2 Å². The van der Waals surface area contributed by atoms with Crippen LogP contribution in [0, 0.1) is 11.3 Å². The summed E-state index contributed by atoms with van der Waals surface area (Å²) in [6, 6.07) is 15.2. The number of hydrogen-bond donors (Lipinski definition) is 2. The molecular formula is C25H30N4O. The molecule has 0 saturated heterocycles. The van der Waals surface area contributed by atoms with Crippen LogP contribution in [-0.4, -0.2) is 23.9 Å². The molecule has 0 saturated carbocycles. The fraction of sp³-hybridized carbons (Fsp3) is 0.280. The van der Waals surface area contributed by atoms with E-state index in [9.17, 15) is 4.79 Å². The highest BCUT2D eigenvalue weighted by atomic mass is 16.2. The lowest BCUT2D eigenvalue weighted by Gasteiger charge is -2.23. The van der Waals surface area contributed by atoms with Gasteiger partial charge in [0, 0.05) is 36.5 Å². The normalized spacial score (nSPS) is 11.0. The first-order valence-electron chi connectivity index (χ1n) is 10.2. The van der Waals surface area contributed by atoms with Gasteiger partial charge in [0.2, 0.25) is 5.91 Å². The van der Waals surface area contributed by atoms with Crippen molar-refractivity contribution in [1.29, 1.82) is 5.26 Å². The molecule has 0 atom stereocenters. The van der Waals surface area contributed by atoms with Gasteiger partial charge in [-0.15, -0.1) is 0 Å². The van der Waals surface area contributed by atoms with Crippen LogP contribution in [0.1, 0.15) is 44.2 Å². The largest absolute Gasteiger partial charge is 0.402 e. The van der Waals surface area contributed by atoms with Crippen LogP contribution in [0.4, 0.5) is 5.69 Å². The number of nitrogens with zero attached hydrogens (tertiary/aromatic N) is 2. The Morgan fingerprint density at radius 1 is 1.10 bits per heavy atom. The lowest BCUT2D eigenvalue weighted by atomic mass is 9.99. The van der Waals surface area contributed by atoms with E-state index in [0.717, 1.165) is 29.5 Å². The van der Waals surface area contributed by atoms with Crippen molar-refractivity contribution >= 4 is 17.7 Å². The van der Waals surface area contributed by atoms with E-state index in [1.54, 1.807) is 12.1 Å². The average molecular weight is 403 g/mol. The van der Waals surface area contributed by atoms with Crippen molar-refractivity contribution in [2.24, 2.45) is 5.73 Å². The molecule has 2 aromatic carbocycles. The number of nitriles is 1. The third-order valence-corrected chi connectivity index (χ3v) is 4.73. The van der Waals surface area contributed by atoms with Gasteiger partial charge in [-0.25, -0.2) is 0 Å². The Balaban J connectivity index is 2.38. The van der Waals surface area contributed by atoms with E-state index >= 15 is 0 Å². The Morgan fingerprint density at radius 2 is 1.70 bits per heavy atom. The molecule has 0 unspecified atom stereocenters. The predicted molar refractivity (Wildman–Crippen MR) is 124 cm³/mol. The monoisotopic (exact) mass is 402 g/mol. The second-order valence-corrected chi connectivity index (χ2v) is 7.33. The van der Waals surface area contributed by atoms with Gasteiger partial charge in [-0.1, -0.05) is 44.7 Å². The molecule has 0 bridgehead atoms. The lowest BCUT2D eigenvalue weighted by Crippen LogP contribution is -2.34. The van der Waals surface area contributed by atoms with E-state index in [2.05, 4.69) is 26.5 Å². The number of amides is 1. The number of rotatable bonds is 9. The Morgan fingerprint density at radius 3 is 2.20 bits per heavy atom. The van der Waals surface area contributed by atoms with E-state index in [1.165, 1.54) is 0 Å². The molecule has 0 aromatic heterocycles. The van der Waals surface area contributed by atoms with E-state index < -0.39 is 0 Å². The quantitative estimate of drug-likeness (QED) is 0.469. The van der Waals surface area contributed by atoms with Gasteiger partial charge in [0.05, 0.1) is 11.6 Å². The average Bonchev–Trinajstić information content (AvgIpc) is 2.73. The van der Waals surface area contributed by atoms with Crippen LogP contribution < -0.4 is 11.5 Å². The highest BCUT2D eigenvalue weighted by molar-refractivity contribution is 5.99. The number of anilines is 1. The molecule has 0 heterocycles. The minimum absolute atomic E-state index is 0.0270. The Kier molecular flexibility index (Phi) is 8.25. The molecule has 2 rings (SSSR count). The maximum atomic E-state index is 13.1. The summed E-state index contributed by atoms with van der Waals surface area (Å²) in [5.41, 5.74) is 17.0. The first-order chi connectivity index (χ1) is 14.4. The van der Waals surface area contributed by atoms with Crippen molar-refractivity contribution in [3.63, 3.8) is 0 Å². The molecule has 1 amide bonds. The molecule has 0 aliphatic heterocycles. The summed E-state index contributed by atoms with van der Waals surface area (Å²) >= 11 is 0. The zero-order valence-corrected chi connectivity index (χ0v) is 17.8. The summed E-state index contributed by atoms with van der Waals surface area (Å²) < 4.78 is 0. The molecule has 0 aliphatic rings. The maximum Gasteiger partial charge on any atom is 0.250 e. The molecule has 30 heavy (non-hydrogen) atoms. The molecule has 0 spiro atoms. The number of nitrogens with two attached hydrogens (primary N) is 2. The van der Waals surface area contributed by atoms with Crippen molar-refractivity contribution in [1.82, 2.24) is 4.90 Å². The fourth-order valence-electron chi connectivity index (χ4n) is 3.30. The van der Waals surface area contributed by atoms with Gasteiger partial charge >= 0.3 is 0 Å². The third-order valence-electron chi connectivity index (χ3n) is 4.73. The molecule has 0 radical (unpaired) electrons. The Labute approximate surface area is 179 Å². The SMILES string of the molecule is C=C(N)C/C(=C\c1ccc(-c2ccc(C#N)cc2)cc1N)C(=O)N(CCC)CCC. The highest BCUT2D eigenvalue weighted by Crippen LogP contribution is 2.27. The third kappa shape index (κ3) is 5.99. The number of carbonyl (C=O) groups is 1. The molecule has 0 fully saturated rings. The highest BCUT2D eigenvalue weighted by Gasteiger charge is 2.18. The predicted octanol–water partition coefficient (Wildman–Crippen LogP) is 4.70. The maximum absolute atomic E-state index is 13.1. The summed E-state index contributed by atoms with van der Waals surface area (Å²) in [5.74, 6) is -0.0270. The molecule has 4 N–H and O–H groups in total. The van der Waals surface area contributed by atoms with E-state index in [4.69, 9.17) is 16.7 Å². The standard InChI is InChI=1S/C25H30N4O/c1-4-12-29(13-5-2)25(30)23(14-18(3)27)15-22-11-10-21(16-24(22)28)20-8-6-19(17-26)7-9-20/h6-11,15-16H,3-5,12-14,27-28H2,1-2H3/b23-15+. The number of nitrogen functional groups attached to an aromatic ring is 1. The smallest absolute Gasteiger partial charge is 0.250 e. The summed E-state index contributed by atoms with van der Waals surface area (Å²) in [6.45, 7) is 9.29. The molecule has 0 aliphatic carbocycles. The first kappa shape index (κ1) is 22.8. The van der Waals surface area contributed by atoms with E-state index in [-0.39, 0.29) is 5.91 Å². The van der Waals surface area contributed by atoms with Gasteiger partial charge in [-0.3, -0.25) is 4.79 Å². The van der Waals surface area contributed by atoms with Crippen molar-refractivity contribution < 1.29 is 4.79 Å². The molecule has 156 valence electrons. The molecule has 5 heteroatoms. The number of allylic oxidation sites excluding steroid dienone is 1. The van der Waals surface area contributed by atoms with Crippen molar-refractivity contribution in [3.05, 3.63) is 71.4 Å². The summed E-state index contributed by atoms with van der Waals surface area (Å²) in [4.78, 5) is 15.0. The first-order valence-corrected chi connectivity index (χ1v) is 10.2. The van der Waals surface area contributed by atoms with Gasteiger partial charge < -0.3 is 16.4 Å². The molecule has 5 nitrogen and oxygen atoms in total. The molecule has 2 aromatic rings. The second kappa shape index (κ2) is 10.9. The fourth-order valence-corrected chi connectivity index (χ4v) is 3.30. The second-order valence-electron chi connectivity index (χ2n) is 7.33. The van der Waals surface area contributed by atoms with Gasteiger partial charge in [0.1, 0.15) is 0 Å². The Hall–Kier alpha value is -3.52. The van der Waals surface area contributed by atoms with Gasteiger partial charge in [-0.2, -0.15) is 5.26 Å². The van der Waals surface area contributed by atoms with Crippen LogP contribution in [0.5, 0.6) is 0 Å². The number of hydrogen-bond acceptors (Lipinski definition) is 4. The lowest BCUT2D eigenvalue weighted by molar-refractivity contribution is -0.127. The minimum atomic E-state index is -0.0270. The van der Waals surface area contributed by atoms with E-state index in [1.807, 2.05) is 41.3 Å². The van der Waals surface area contributed by atoms with Crippen LogP contribution in [0.2, 0.25) is 0 Å². The van der Waals surface area contributed by atoms with Crippen molar-refractivity contribution in [2.75, 3.05) is 18.8 Å². The van der Waals surface area contributed by atoms with Gasteiger partial charge in [0.25, 0.3) is 0 Å².